The van der Waals surface area contributed by atoms with Gasteiger partial charge in [-0.25, -0.2) is 4.79 Å². The smallest absolute Gasteiger partial charge is 0.334 e. The van der Waals surface area contributed by atoms with Crippen LogP contribution in [0.15, 0.2) is 11.3 Å². The van der Waals surface area contributed by atoms with Crippen LogP contribution >= 0.6 is 0 Å². The summed E-state index contributed by atoms with van der Waals surface area (Å²) in [7, 11) is 0. The van der Waals surface area contributed by atoms with Crippen molar-refractivity contribution in [2.75, 3.05) is 13.2 Å². The number of allylic oxidation sites excluding steroid dienone is 1. The molecule has 1 rings (SSSR count). The van der Waals surface area contributed by atoms with Gasteiger partial charge in [-0.1, -0.05) is 0 Å². The fourth-order valence-corrected chi connectivity index (χ4v) is 0.641. The molecule has 12 heavy (non-hydrogen) atoms. The molecule has 4 nitrogen and oxygen atoms in total. The summed E-state index contributed by atoms with van der Waals surface area (Å²) in [4.78, 5) is 10.4. The van der Waals surface area contributed by atoms with Gasteiger partial charge >= 0.3 is 5.97 Å². The van der Waals surface area contributed by atoms with Crippen molar-refractivity contribution in [2.24, 2.45) is 0 Å². The highest BCUT2D eigenvalue weighted by molar-refractivity contribution is 5.86. The van der Waals surface area contributed by atoms with E-state index in [9.17, 15) is 4.79 Å². The molecule has 68 valence electrons. The summed E-state index contributed by atoms with van der Waals surface area (Å²) >= 11 is 0. The molecule has 0 amide bonds. The highest BCUT2D eigenvalue weighted by Crippen LogP contribution is 2.12. The average Bonchev–Trinajstić information content (AvgIpc) is 2.81. The minimum atomic E-state index is -0.941. The Morgan fingerprint density at radius 3 is 2.67 bits per heavy atom. The predicted octanol–water partition coefficient (Wildman–Crippen LogP) is 0.780. The van der Waals surface area contributed by atoms with Gasteiger partial charge in [-0.2, -0.15) is 0 Å². The van der Waals surface area contributed by atoms with Crippen molar-refractivity contribution in [1.82, 2.24) is 0 Å². The lowest BCUT2D eigenvalue weighted by Gasteiger charge is -2.05. The molecule has 1 aliphatic heterocycles. The van der Waals surface area contributed by atoms with Crippen LogP contribution in [0.2, 0.25) is 0 Å². The molecule has 0 aromatic carbocycles. The van der Waals surface area contributed by atoms with Gasteiger partial charge in [-0.3, -0.25) is 0 Å². The van der Waals surface area contributed by atoms with Crippen LogP contribution in [0.5, 0.6) is 0 Å². The minimum Gasteiger partial charge on any atom is -0.495 e. The van der Waals surface area contributed by atoms with E-state index in [-0.39, 0.29) is 11.7 Å². The Bertz CT molecular complexity index is 215. The number of ether oxygens (including phenoxy) is 2. The molecule has 0 bridgehead atoms. The van der Waals surface area contributed by atoms with Crippen molar-refractivity contribution >= 4 is 5.97 Å². The van der Waals surface area contributed by atoms with E-state index in [1.165, 1.54) is 6.92 Å². The first-order chi connectivity index (χ1) is 5.61. The van der Waals surface area contributed by atoms with E-state index in [0.29, 0.717) is 12.4 Å². The molecule has 1 aliphatic rings. The molecule has 0 aromatic heterocycles. The van der Waals surface area contributed by atoms with Crippen LogP contribution in [0, 0.1) is 0 Å². The molecule has 1 unspecified atom stereocenters. The summed E-state index contributed by atoms with van der Waals surface area (Å²) in [5, 5.41) is 8.56. The van der Waals surface area contributed by atoms with Gasteiger partial charge in [-0.05, 0) is 13.8 Å². The SMILES string of the molecule is CC(OCC1CO1)=C(C)C(=O)O. The van der Waals surface area contributed by atoms with Crippen LogP contribution in [0.3, 0.4) is 0 Å². The third kappa shape index (κ3) is 2.54. The molecule has 4 heteroatoms. The van der Waals surface area contributed by atoms with E-state index in [2.05, 4.69) is 0 Å². The average molecular weight is 172 g/mol. The Kier molecular flexibility index (Phi) is 2.70. The Balaban J connectivity index is 2.37. The van der Waals surface area contributed by atoms with Crippen LogP contribution in [0.4, 0.5) is 0 Å². The van der Waals surface area contributed by atoms with Gasteiger partial charge < -0.3 is 14.6 Å². The highest BCUT2D eigenvalue weighted by Gasteiger charge is 2.23. The Morgan fingerprint density at radius 2 is 2.25 bits per heavy atom. The number of hydrogen-bond donors (Lipinski definition) is 1. The second kappa shape index (κ2) is 3.58. The van der Waals surface area contributed by atoms with Crippen LogP contribution < -0.4 is 0 Å². The van der Waals surface area contributed by atoms with E-state index >= 15 is 0 Å². The first kappa shape index (κ1) is 9.06. The van der Waals surface area contributed by atoms with Crippen LogP contribution in [-0.4, -0.2) is 30.4 Å². The summed E-state index contributed by atoms with van der Waals surface area (Å²) in [6.07, 6.45) is 0.168. The van der Waals surface area contributed by atoms with Gasteiger partial charge in [0.25, 0.3) is 0 Å². The van der Waals surface area contributed by atoms with Crippen LogP contribution in [0.1, 0.15) is 13.8 Å². The highest BCUT2D eigenvalue weighted by atomic mass is 16.6. The quantitative estimate of drug-likeness (QED) is 0.386. The van der Waals surface area contributed by atoms with Crippen molar-refractivity contribution in [3.05, 3.63) is 11.3 Å². The van der Waals surface area contributed by atoms with Crippen LogP contribution in [-0.2, 0) is 14.3 Å². The number of carboxylic acid groups (broad SMARTS) is 1. The molecule has 1 fully saturated rings. The van der Waals surface area contributed by atoms with Crippen molar-refractivity contribution in [2.45, 2.75) is 20.0 Å². The second-order valence-electron chi connectivity index (χ2n) is 2.75. The van der Waals surface area contributed by atoms with Gasteiger partial charge in [-0.15, -0.1) is 0 Å². The molecule has 0 saturated carbocycles. The van der Waals surface area contributed by atoms with Crippen LogP contribution in [0.25, 0.3) is 0 Å². The first-order valence-electron chi connectivity index (χ1n) is 3.76. The molecular formula is C8H12O4. The van der Waals surface area contributed by atoms with Gasteiger partial charge in [0.2, 0.25) is 0 Å². The molecule has 1 N–H and O–H groups in total. The monoisotopic (exact) mass is 172 g/mol. The molecule has 1 saturated heterocycles. The number of carboxylic acids is 1. The zero-order valence-electron chi connectivity index (χ0n) is 7.16. The normalized spacial score (nSPS) is 23.0. The van der Waals surface area contributed by atoms with Crippen molar-refractivity contribution in [1.29, 1.82) is 0 Å². The topological polar surface area (TPSA) is 59.1 Å². The summed E-state index contributed by atoms with van der Waals surface area (Å²) in [5.74, 6) is -0.484. The fourth-order valence-electron chi connectivity index (χ4n) is 0.641. The molecule has 0 spiro atoms. The van der Waals surface area contributed by atoms with E-state index in [1.807, 2.05) is 0 Å². The molecular weight excluding hydrogens is 160 g/mol. The Hall–Kier alpha value is -1.03. The summed E-state index contributed by atoms with van der Waals surface area (Å²) in [6, 6.07) is 0. The van der Waals surface area contributed by atoms with E-state index in [0.717, 1.165) is 6.61 Å². The lowest BCUT2D eigenvalue weighted by molar-refractivity contribution is -0.132. The standard InChI is InChI=1S/C8H12O4/c1-5(8(9)10)6(2)11-3-7-4-12-7/h7H,3-4H2,1-2H3,(H,9,10). The Morgan fingerprint density at radius 1 is 1.67 bits per heavy atom. The number of epoxide rings is 1. The van der Waals surface area contributed by atoms with Crippen molar-refractivity contribution < 1.29 is 19.4 Å². The molecule has 1 atom stereocenters. The third-order valence-corrected chi connectivity index (χ3v) is 1.74. The summed E-state index contributed by atoms with van der Waals surface area (Å²) in [5.41, 5.74) is 0.246. The maximum atomic E-state index is 10.4. The lowest BCUT2D eigenvalue weighted by Crippen LogP contribution is -2.05. The minimum absolute atomic E-state index is 0.168. The summed E-state index contributed by atoms with van der Waals surface area (Å²) in [6.45, 7) is 4.34. The number of rotatable bonds is 4. The first-order valence-corrected chi connectivity index (χ1v) is 3.76. The van der Waals surface area contributed by atoms with E-state index in [4.69, 9.17) is 14.6 Å². The number of aliphatic carboxylic acids is 1. The number of hydrogen-bond acceptors (Lipinski definition) is 3. The zero-order chi connectivity index (χ0) is 9.14. The zero-order valence-corrected chi connectivity index (χ0v) is 7.16. The molecule has 1 heterocycles. The lowest BCUT2D eigenvalue weighted by atomic mass is 10.3. The number of carbonyl (C=O) groups is 1. The molecule has 0 aliphatic carbocycles. The Labute approximate surface area is 70.8 Å². The second-order valence-corrected chi connectivity index (χ2v) is 2.75. The third-order valence-electron chi connectivity index (χ3n) is 1.74. The van der Waals surface area contributed by atoms with E-state index in [1.54, 1.807) is 6.92 Å². The fraction of sp³-hybridized carbons (Fsp3) is 0.625. The molecule has 0 radical (unpaired) electrons. The van der Waals surface area contributed by atoms with Gasteiger partial charge in [0, 0.05) is 0 Å². The van der Waals surface area contributed by atoms with Gasteiger partial charge in [0.15, 0.2) is 0 Å². The van der Waals surface area contributed by atoms with E-state index < -0.39 is 5.97 Å². The predicted molar refractivity (Wildman–Crippen MR) is 41.7 cm³/mol. The van der Waals surface area contributed by atoms with Crippen molar-refractivity contribution in [3.63, 3.8) is 0 Å². The maximum absolute atomic E-state index is 10.4. The van der Waals surface area contributed by atoms with Crippen molar-refractivity contribution in [3.8, 4) is 0 Å². The maximum Gasteiger partial charge on any atom is 0.334 e. The van der Waals surface area contributed by atoms with Gasteiger partial charge in [0.05, 0.1) is 12.2 Å². The largest absolute Gasteiger partial charge is 0.495 e. The van der Waals surface area contributed by atoms with Gasteiger partial charge in [0.1, 0.15) is 18.5 Å². The molecule has 0 aromatic rings. The summed E-state index contributed by atoms with van der Waals surface area (Å²) < 4.78 is 10.1.